The fourth-order valence-corrected chi connectivity index (χ4v) is 2.15. The summed E-state index contributed by atoms with van der Waals surface area (Å²) in [6.45, 7) is 1.48. The standard InChI is InChI=1S/C14H13N3O/c1-9(18)15-14-16-12-7-10-5-3-4-6-11(10)8-13(12)17(14)2/h3-8H,1-2H3,(H,15,16,18). The largest absolute Gasteiger partial charge is 0.313 e. The summed E-state index contributed by atoms with van der Waals surface area (Å²) >= 11 is 0. The molecule has 0 bridgehead atoms. The lowest BCUT2D eigenvalue weighted by atomic mass is 10.1. The van der Waals surface area contributed by atoms with Crippen molar-refractivity contribution in [1.82, 2.24) is 9.55 Å². The first kappa shape index (κ1) is 10.8. The van der Waals surface area contributed by atoms with Crippen LogP contribution in [0, 0.1) is 0 Å². The fraction of sp³-hybridized carbons (Fsp3) is 0.143. The maximum absolute atomic E-state index is 11.1. The van der Waals surface area contributed by atoms with Crippen molar-refractivity contribution in [3.63, 3.8) is 0 Å². The Balaban J connectivity index is 2.29. The van der Waals surface area contributed by atoms with Crippen molar-refractivity contribution in [3.8, 4) is 0 Å². The molecule has 0 aliphatic heterocycles. The Morgan fingerprint density at radius 1 is 1.22 bits per heavy atom. The Morgan fingerprint density at radius 2 is 1.89 bits per heavy atom. The predicted octanol–water partition coefficient (Wildman–Crippen LogP) is 2.68. The average Bonchev–Trinajstić information content (AvgIpc) is 2.63. The van der Waals surface area contributed by atoms with Crippen LogP contribution in [0.4, 0.5) is 5.95 Å². The van der Waals surface area contributed by atoms with Crippen molar-refractivity contribution < 1.29 is 4.79 Å². The normalized spacial score (nSPS) is 11.0. The van der Waals surface area contributed by atoms with Gasteiger partial charge in [-0.3, -0.25) is 10.1 Å². The van der Waals surface area contributed by atoms with Gasteiger partial charge in [0.1, 0.15) is 0 Å². The molecule has 0 spiro atoms. The van der Waals surface area contributed by atoms with E-state index < -0.39 is 0 Å². The second kappa shape index (κ2) is 3.84. The molecule has 0 atom stereocenters. The van der Waals surface area contributed by atoms with Gasteiger partial charge in [0.15, 0.2) is 0 Å². The van der Waals surface area contributed by atoms with Crippen molar-refractivity contribution in [2.75, 3.05) is 5.32 Å². The van der Waals surface area contributed by atoms with E-state index in [0.29, 0.717) is 5.95 Å². The highest BCUT2D eigenvalue weighted by atomic mass is 16.1. The second-order valence-corrected chi connectivity index (χ2v) is 4.36. The summed E-state index contributed by atoms with van der Waals surface area (Å²) in [5, 5.41) is 5.05. The van der Waals surface area contributed by atoms with Gasteiger partial charge in [-0.05, 0) is 22.9 Å². The number of nitrogens with zero attached hydrogens (tertiary/aromatic N) is 2. The van der Waals surface area contributed by atoms with Crippen LogP contribution in [-0.4, -0.2) is 15.5 Å². The summed E-state index contributed by atoms with van der Waals surface area (Å²) in [7, 11) is 1.90. The minimum atomic E-state index is -0.113. The van der Waals surface area contributed by atoms with Crippen molar-refractivity contribution in [1.29, 1.82) is 0 Å². The van der Waals surface area contributed by atoms with E-state index in [0.717, 1.165) is 16.4 Å². The molecule has 1 aromatic heterocycles. The number of anilines is 1. The third kappa shape index (κ3) is 1.62. The summed E-state index contributed by atoms with van der Waals surface area (Å²) < 4.78 is 1.89. The number of hydrogen-bond donors (Lipinski definition) is 1. The number of aromatic nitrogens is 2. The summed E-state index contributed by atoms with van der Waals surface area (Å²) in [5.41, 5.74) is 1.90. The number of imidazole rings is 1. The molecular formula is C14H13N3O. The zero-order chi connectivity index (χ0) is 12.7. The SMILES string of the molecule is CC(=O)Nc1nc2cc3ccccc3cc2n1C. The molecule has 0 radical (unpaired) electrons. The van der Waals surface area contributed by atoms with Crippen molar-refractivity contribution in [2.24, 2.45) is 7.05 Å². The fourth-order valence-electron chi connectivity index (χ4n) is 2.15. The van der Waals surface area contributed by atoms with Crippen LogP contribution in [0.15, 0.2) is 36.4 Å². The first-order chi connectivity index (χ1) is 8.65. The van der Waals surface area contributed by atoms with Crippen LogP contribution >= 0.6 is 0 Å². The van der Waals surface area contributed by atoms with E-state index in [-0.39, 0.29) is 5.91 Å². The van der Waals surface area contributed by atoms with Crippen molar-refractivity contribution >= 4 is 33.7 Å². The van der Waals surface area contributed by atoms with Gasteiger partial charge < -0.3 is 4.57 Å². The molecule has 0 aliphatic rings. The minimum Gasteiger partial charge on any atom is -0.313 e. The van der Waals surface area contributed by atoms with E-state index in [9.17, 15) is 4.79 Å². The molecule has 1 amide bonds. The Morgan fingerprint density at radius 3 is 2.56 bits per heavy atom. The molecule has 0 saturated heterocycles. The highest BCUT2D eigenvalue weighted by Gasteiger charge is 2.09. The molecule has 0 saturated carbocycles. The number of nitrogens with one attached hydrogen (secondary N) is 1. The van der Waals surface area contributed by atoms with E-state index in [2.05, 4.69) is 28.5 Å². The maximum atomic E-state index is 11.1. The van der Waals surface area contributed by atoms with E-state index in [1.165, 1.54) is 12.3 Å². The van der Waals surface area contributed by atoms with Gasteiger partial charge >= 0.3 is 0 Å². The van der Waals surface area contributed by atoms with Crippen LogP contribution in [-0.2, 0) is 11.8 Å². The Bertz CT molecular complexity index is 758. The van der Waals surface area contributed by atoms with E-state index in [1.54, 1.807) is 0 Å². The smallest absolute Gasteiger partial charge is 0.223 e. The molecule has 2 aromatic carbocycles. The quantitative estimate of drug-likeness (QED) is 0.709. The zero-order valence-corrected chi connectivity index (χ0v) is 10.3. The number of aryl methyl sites for hydroxylation is 1. The van der Waals surface area contributed by atoms with Gasteiger partial charge in [0, 0.05) is 14.0 Å². The van der Waals surface area contributed by atoms with Gasteiger partial charge in [0.25, 0.3) is 0 Å². The Kier molecular flexibility index (Phi) is 2.30. The van der Waals surface area contributed by atoms with Crippen molar-refractivity contribution in [3.05, 3.63) is 36.4 Å². The number of carbonyl (C=O) groups excluding carboxylic acids is 1. The number of hydrogen-bond acceptors (Lipinski definition) is 2. The second-order valence-electron chi connectivity index (χ2n) is 4.36. The van der Waals surface area contributed by atoms with Crippen LogP contribution in [0.3, 0.4) is 0 Å². The van der Waals surface area contributed by atoms with Gasteiger partial charge in [0.05, 0.1) is 11.0 Å². The predicted molar refractivity (Wildman–Crippen MR) is 72.5 cm³/mol. The molecule has 1 N–H and O–H groups in total. The van der Waals surface area contributed by atoms with Crippen LogP contribution in [0.25, 0.3) is 21.8 Å². The van der Waals surface area contributed by atoms with Gasteiger partial charge in [-0.25, -0.2) is 4.98 Å². The molecule has 3 aromatic rings. The third-order valence-electron chi connectivity index (χ3n) is 3.04. The molecule has 0 fully saturated rings. The van der Waals surface area contributed by atoms with E-state index in [1.807, 2.05) is 29.8 Å². The number of amides is 1. The molecule has 4 nitrogen and oxygen atoms in total. The summed E-state index contributed by atoms with van der Waals surface area (Å²) in [6, 6.07) is 12.3. The molecule has 0 unspecified atom stereocenters. The lowest BCUT2D eigenvalue weighted by Crippen LogP contribution is -2.10. The van der Waals surface area contributed by atoms with Gasteiger partial charge in [-0.2, -0.15) is 0 Å². The molecule has 4 heteroatoms. The summed E-state index contributed by atoms with van der Waals surface area (Å²) in [6.07, 6.45) is 0. The van der Waals surface area contributed by atoms with Crippen LogP contribution in [0.2, 0.25) is 0 Å². The monoisotopic (exact) mass is 239 g/mol. The van der Waals surface area contributed by atoms with Crippen molar-refractivity contribution in [2.45, 2.75) is 6.92 Å². The highest BCUT2D eigenvalue weighted by Crippen LogP contribution is 2.24. The first-order valence-electron chi connectivity index (χ1n) is 5.78. The average molecular weight is 239 g/mol. The first-order valence-corrected chi connectivity index (χ1v) is 5.78. The zero-order valence-electron chi connectivity index (χ0n) is 10.3. The summed E-state index contributed by atoms with van der Waals surface area (Å²) in [5.74, 6) is 0.464. The Labute approximate surface area is 104 Å². The maximum Gasteiger partial charge on any atom is 0.223 e. The van der Waals surface area contributed by atoms with Crippen LogP contribution < -0.4 is 5.32 Å². The van der Waals surface area contributed by atoms with Gasteiger partial charge in [0.2, 0.25) is 11.9 Å². The third-order valence-corrected chi connectivity index (χ3v) is 3.04. The minimum absolute atomic E-state index is 0.113. The number of carbonyl (C=O) groups is 1. The van der Waals surface area contributed by atoms with Crippen LogP contribution in [0.5, 0.6) is 0 Å². The summed E-state index contributed by atoms with van der Waals surface area (Å²) in [4.78, 5) is 15.5. The lowest BCUT2D eigenvalue weighted by Gasteiger charge is -2.02. The molecule has 3 rings (SSSR count). The topological polar surface area (TPSA) is 46.9 Å². The Hall–Kier alpha value is -2.36. The molecule has 0 aliphatic carbocycles. The lowest BCUT2D eigenvalue weighted by molar-refractivity contribution is -0.114. The van der Waals surface area contributed by atoms with Crippen LogP contribution in [0.1, 0.15) is 6.92 Å². The number of rotatable bonds is 1. The highest BCUT2D eigenvalue weighted by molar-refractivity contribution is 5.97. The molecule has 18 heavy (non-hydrogen) atoms. The van der Waals surface area contributed by atoms with E-state index in [4.69, 9.17) is 0 Å². The van der Waals surface area contributed by atoms with E-state index >= 15 is 0 Å². The molecular weight excluding hydrogens is 226 g/mol. The van der Waals surface area contributed by atoms with Gasteiger partial charge in [-0.15, -0.1) is 0 Å². The molecule has 1 heterocycles. The number of benzene rings is 2. The van der Waals surface area contributed by atoms with Gasteiger partial charge in [-0.1, -0.05) is 24.3 Å². The molecule has 90 valence electrons. The number of fused-ring (bicyclic) bond motifs is 2.